The summed E-state index contributed by atoms with van der Waals surface area (Å²) in [4.78, 5) is 30.5. The average Bonchev–Trinajstić information content (AvgIpc) is 3.50. The number of rotatable bonds is 8. The molecule has 2 aromatic carbocycles. The third kappa shape index (κ3) is 5.06. The molecule has 0 saturated heterocycles. The van der Waals surface area contributed by atoms with Crippen LogP contribution in [-0.2, 0) is 11.3 Å². The van der Waals surface area contributed by atoms with Crippen LogP contribution in [0.5, 0.6) is 5.75 Å². The number of carbonyl (C=O) groups is 2. The van der Waals surface area contributed by atoms with Gasteiger partial charge in [0.05, 0.1) is 17.3 Å². The fourth-order valence-electron chi connectivity index (χ4n) is 3.53. The van der Waals surface area contributed by atoms with Gasteiger partial charge in [0, 0.05) is 30.1 Å². The SMILES string of the molecule is COc1ccccc1CNC(=O)[C@H](NC(=O)c1ccc2nc(-n3cccc3)sc2c1)C(C)C. The molecule has 2 heterocycles. The number of benzene rings is 2. The maximum absolute atomic E-state index is 13.0. The van der Waals surface area contributed by atoms with Gasteiger partial charge in [-0.15, -0.1) is 0 Å². The molecule has 2 aromatic heterocycles. The molecule has 0 fully saturated rings. The van der Waals surface area contributed by atoms with E-state index in [1.807, 2.05) is 79.3 Å². The van der Waals surface area contributed by atoms with E-state index in [2.05, 4.69) is 15.6 Å². The molecule has 8 heteroatoms. The van der Waals surface area contributed by atoms with E-state index in [-0.39, 0.29) is 17.7 Å². The Kier molecular flexibility index (Phi) is 6.74. The molecular formula is C25H26N4O3S. The summed E-state index contributed by atoms with van der Waals surface area (Å²) in [6.45, 7) is 4.13. The second-order valence-electron chi connectivity index (χ2n) is 7.99. The molecule has 170 valence electrons. The van der Waals surface area contributed by atoms with Gasteiger partial charge in [-0.3, -0.25) is 9.59 Å². The summed E-state index contributed by atoms with van der Waals surface area (Å²) in [6, 6.07) is 16.1. The lowest BCUT2D eigenvalue weighted by Gasteiger charge is -2.22. The zero-order valence-corrected chi connectivity index (χ0v) is 19.6. The van der Waals surface area contributed by atoms with Crippen LogP contribution in [0.3, 0.4) is 0 Å². The first kappa shape index (κ1) is 22.5. The number of methoxy groups -OCH3 is 1. The third-order valence-electron chi connectivity index (χ3n) is 5.35. The Morgan fingerprint density at radius 1 is 1.09 bits per heavy atom. The highest BCUT2D eigenvalue weighted by Gasteiger charge is 2.25. The number of amides is 2. The van der Waals surface area contributed by atoms with E-state index in [9.17, 15) is 9.59 Å². The van der Waals surface area contributed by atoms with Crippen LogP contribution in [0.4, 0.5) is 0 Å². The van der Waals surface area contributed by atoms with Gasteiger partial charge in [-0.25, -0.2) is 4.98 Å². The normalized spacial score (nSPS) is 12.0. The topological polar surface area (TPSA) is 85.2 Å². The molecule has 0 bridgehead atoms. The highest BCUT2D eigenvalue weighted by molar-refractivity contribution is 7.20. The number of thiazole rings is 1. The minimum atomic E-state index is -0.667. The number of carbonyl (C=O) groups excluding carboxylic acids is 2. The maximum Gasteiger partial charge on any atom is 0.251 e. The van der Waals surface area contributed by atoms with Crippen LogP contribution in [0.1, 0.15) is 29.8 Å². The van der Waals surface area contributed by atoms with Gasteiger partial charge in [0.15, 0.2) is 5.13 Å². The van der Waals surface area contributed by atoms with Gasteiger partial charge in [-0.2, -0.15) is 0 Å². The van der Waals surface area contributed by atoms with Crippen molar-refractivity contribution in [2.75, 3.05) is 7.11 Å². The second-order valence-corrected chi connectivity index (χ2v) is 9.00. The molecule has 33 heavy (non-hydrogen) atoms. The Bertz CT molecular complexity index is 1260. The van der Waals surface area contributed by atoms with E-state index < -0.39 is 6.04 Å². The lowest BCUT2D eigenvalue weighted by Crippen LogP contribution is -2.49. The highest BCUT2D eigenvalue weighted by atomic mass is 32.1. The van der Waals surface area contributed by atoms with Gasteiger partial charge in [-0.05, 0) is 42.3 Å². The van der Waals surface area contributed by atoms with Crippen LogP contribution in [0.2, 0.25) is 0 Å². The summed E-state index contributed by atoms with van der Waals surface area (Å²) in [5.74, 6) is 0.0937. The van der Waals surface area contributed by atoms with Crippen LogP contribution < -0.4 is 15.4 Å². The zero-order chi connectivity index (χ0) is 23.4. The predicted octanol–water partition coefficient (Wildman–Crippen LogP) is 4.17. The minimum absolute atomic E-state index is 0.0842. The van der Waals surface area contributed by atoms with Gasteiger partial charge in [0.25, 0.3) is 5.91 Å². The fraction of sp³-hybridized carbons (Fsp3) is 0.240. The Morgan fingerprint density at radius 3 is 2.58 bits per heavy atom. The van der Waals surface area contributed by atoms with E-state index >= 15 is 0 Å². The summed E-state index contributed by atoms with van der Waals surface area (Å²) in [6.07, 6.45) is 3.87. The van der Waals surface area contributed by atoms with Crippen molar-refractivity contribution in [3.8, 4) is 10.9 Å². The molecular weight excluding hydrogens is 436 g/mol. The molecule has 0 aliphatic rings. The Hall–Kier alpha value is -3.65. The molecule has 0 spiro atoms. The number of nitrogens with one attached hydrogen (secondary N) is 2. The van der Waals surface area contributed by atoms with Crippen molar-refractivity contribution in [1.29, 1.82) is 0 Å². The van der Waals surface area contributed by atoms with Crippen LogP contribution >= 0.6 is 11.3 Å². The van der Waals surface area contributed by atoms with E-state index in [1.165, 1.54) is 11.3 Å². The first-order valence-corrected chi connectivity index (χ1v) is 11.5. The van der Waals surface area contributed by atoms with E-state index in [0.717, 1.165) is 20.9 Å². The smallest absolute Gasteiger partial charge is 0.251 e. The molecule has 0 aliphatic carbocycles. The number of aromatic nitrogens is 2. The molecule has 4 rings (SSSR count). The van der Waals surface area contributed by atoms with Crippen molar-refractivity contribution < 1.29 is 14.3 Å². The van der Waals surface area contributed by atoms with Crippen molar-refractivity contribution in [1.82, 2.24) is 20.2 Å². The number of para-hydroxylation sites is 1. The zero-order valence-electron chi connectivity index (χ0n) is 18.7. The summed E-state index contributed by atoms with van der Waals surface area (Å²) in [5, 5.41) is 6.65. The maximum atomic E-state index is 13.0. The summed E-state index contributed by atoms with van der Waals surface area (Å²) in [7, 11) is 1.60. The van der Waals surface area contributed by atoms with Gasteiger partial charge < -0.3 is 19.9 Å². The van der Waals surface area contributed by atoms with Gasteiger partial charge in [0.1, 0.15) is 11.8 Å². The standard InChI is InChI=1S/C25H26N4O3S/c1-16(2)22(24(31)26-15-18-8-4-5-9-20(18)32-3)28-23(30)17-10-11-19-21(14-17)33-25(27-19)29-12-6-7-13-29/h4-14,16,22H,15H2,1-3H3,(H,26,31)(H,28,30)/t22-/m1/s1. The molecule has 2 amide bonds. The van der Waals surface area contributed by atoms with Crippen molar-refractivity contribution in [3.05, 3.63) is 78.1 Å². The molecule has 7 nitrogen and oxygen atoms in total. The lowest BCUT2D eigenvalue weighted by atomic mass is 10.0. The van der Waals surface area contributed by atoms with Crippen LogP contribution in [0, 0.1) is 5.92 Å². The van der Waals surface area contributed by atoms with Gasteiger partial charge in [0.2, 0.25) is 5.91 Å². The number of ether oxygens (including phenoxy) is 1. The van der Waals surface area contributed by atoms with E-state index in [0.29, 0.717) is 17.9 Å². The minimum Gasteiger partial charge on any atom is -0.496 e. The van der Waals surface area contributed by atoms with Crippen LogP contribution in [0.25, 0.3) is 15.3 Å². The monoisotopic (exact) mass is 462 g/mol. The lowest BCUT2D eigenvalue weighted by molar-refractivity contribution is -0.124. The number of hydrogen-bond donors (Lipinski definition) is 2. The largest absolute Gasteiger partial charge is 0.496 e. The molecule has 0 aliphatic heterocycles. The Morgan fingerprint density at radius 2 is 1.85 bits per heavy atom. The predicted molar refractivity (Wildman–Crippen MR) is 130 cm³/mol. The quantitative estimate of drug-likeness (QED) is 0.412. The van der Waals surface area contributed by atoms with Crippen LogP contribution in [-0.4, -0.2) is 34.5 Å². The molecule has 0 saturated carbocycles. The number of hydrogen-bond acceptors (Lipinski definition) is 5. The first-order chi connectivity index (χ1) is 16.0. The fourth-order valence-corrected chi connectivity index (χ4v) is 4.50. The molecule has 0 radical (unpaired) electrons. The van der Waals surface area contributed by atoms with Crippen LogP contribution in [0.15, 0.2) is 67.0 Å². The highest BCUT2D eigenvalue weighted by Crippen LogP contribution is 2.26. The molecule has 1 atom stereocenters. The first-order valence-electron chi connectivity index (χ1n) is 10.7. The van der Waals surface area contributed by atoms with Gasteiger partial charge >= 0.3 is 0 Å². The Balaban J connectivity index is 1.46. The van der Waals surface area contributed by atoms with Crippen molar-refractivity contribution in [2.24, 2.45) is 5.92 Å². The molecule has 0 unspecified atom stereocenters. The summed E-state index contributed by atoms with van der Waals surface area (Å²) >= 11 is 1.51. The van der Waals surface area contributed by atoms with E-state index in [1.54, 1.807) is 13.2 Å². The number of nitrogens with zero attached hydrogens (tertiary/aromatic N) is 2. The molecule has 2 N–H and O–H groups in total. The van der Waals surface area contributed by atoms with Crippen molar-refractivity contribution in [3.63, 3.8) is 0 Å². The number of fused-ring (bicyclic) bond motifs is 1. The molecule has 4 aromatic rings. The summed E-state index contributed by atoms with van der Waals surface area (Å²) < 4.78 is 8.19. The van der Waals surface area contributed by atoms with Gasteiger partial charge in [-0.1, -0.05) is 43.4 Å². The van der Waals surface area contributed by atoms with E-state index in [4.69, 9.17) is 4.74 Å². The Labute approximate surface area is 196 Å². The second kappa shape index (κ2) is 9.87. The average molecular weight is 463 g/mol. The van der Waals surface area contributed by atoms with Crippen molar-refractivity contribution >= 4 is 33.4 Å². The third-order valence-corrected chi connectivity index (χ3v) is 6.38. The van der Waals surface area contributed by atoms with Crippen molar-refractivity contribution in [2.45, 2.75) is 26.4 Å². The summed E-state index contributed by atoms with van der Waals surface area (Å²) in [5.41, 5.74) is 2.19.